The van der Waals surface area contributed by atoms with E-state index in [9.17, 15) is 18.0 Å². The van der Waals surface area contributed by atoms with Crippen LogP contribution >= 0.6 is 11.3 Å². The monoisotopic (exact) mass is 549 g/mol. The van der Waals surface area contributed by atoms with Gasteiger partial charge in [-0.05, 0) is 47.9 Å². The first-order chi connectivity index (χ1) is 18.1. The lowest BCUT2D eigenvalue weighted by atomic mass is 9.95. The number of carbonyl (C=O) groups excluding carboxylic acids is 2. The Kier molecular flexibility index (Phi) is 7.71. The number of hydrogen-bond acceptors (Lipinski definition) is 7. The molecule has 38 heavy (non-hydrogen) atoms. The van der Waals surface area contributed by atoms with Crippen LogP contribution in [0.4, 0.5) is 0 Å². The number of hydrogen-bond donors (Lipinski definition) is 1. The molecule has 0 unspecified atom stereocenters. The van der Waals surface area contributed by atoms with E-state index in [0.717, 1.165) is 20.5 Å². The van der Waals surface area contributed by atoms with E-state index in [-0.39, 0.29) is 16.0 Å². The number of nitrogens with one attached hydrogen (secondary N) is 1. The molecule has 0 saturated heterocycles. The lowest BCUT2D eigenvalue weighted by Gasteiger charge is -2.16. The van der Waals surface area contributed by atoms with Crippen LogP contribution in [0.1, 0.15) is 29.8 Å². The van der Waals surface area contributed by atoms with E-state index in [2.05, 4.69) is 12.6 Å². The summed E-state index contributed by atoms with van der Waals surface area (Å²) in [5.41, 5.74) is 1.70. The third kappa shape index (κ3) is 5.34. The van der Waals surface area contributed by atoms with Crippen molar-refractivity contribution in [3.63, 3.8) is 0 Å². The second-order valence-corrected chi connectivity index (χ2v) is 11.6. The molecule has 3 aromatic carbocycles. The summed E-state index contributed by atoms with van der Waals surface area (Å²) in [5.74, 6) is -0.493. The molecule has 0 atom stereocenters. The fraction of sp³-hybridized carbons (Fsp3) is 0.172. The summed E-state index contributed by atoms with van der Waals surface area (Å²) in [6.45, 7) is 7.22. The van der Waals surface area contributed by atoms with Crippen molar-refractivity contribution in [3.8, 4) is 21.9 Å². The molecule has 9 heteroatoms. The zero-order valence-electron chi connectivity index (χ0n) is 21.4. The first-order valence-electron chi connectivity index (χ1n) is 11.7. The quantitative estimate of drug-likeness (QED) is 0.205. The molecule has 4 aromatic rings. The molecular formula is C29H27NO6S2. The average molecular weight is 550 g/mol. The molecule has 0 aliphatic carbocycles. The Morgan fingerprint density at radius 1 is 0.921 bits per heavy atom. The standard InChI is InChI=1S/C29H27NO6S2/c1-17(2)29(32)30-38(33,34)21-12-10-19(11-13-21)28(31)18(3)22-15-23(25(36-5)16-24(22)35-4)27-14-20-8-6-7-9-26(20)37-27/h6-17H,3H2,1-2,4-5H3,(H,30,32). The molecule has 1 aromatic heterocycles. The molecule has 196 valence electrons. The van der Waals surface area contributed by atoms with Gasteiger partial charge in [-0.1, -0.05) is 38.6 Å². The number of allylic oxidation sites excluding steroid dienone is 1. The van der Waals surface area contributed by atoms with Gasteiger partial charge in [-0.25, -0.2) is 13.1 Å². The maximum Gasteiger partial charge on any atom is 0.264 e. The SMILES string of the molecule is C=C(C(=O)c1ccc(S(=O)(=O)NC(=O)C(C)C)cc1)c1cc(-c2cc3ccccc3s2)c(OC)cc1OC. The first-order valence-corrected chi connectivity index (χ1v) is 14.0. The third-order valence-electron chi connectivity index (χ3n) is 6.00. The first kappa shape index (κ1) is 27.1. The molecule has 0 aliphatic rings. The van der Waals surface area contributed by atoms with Crippen LogP contribution in [0.3, 0.4) is 0 Å². The van der Waals surface area contributed by atoms with E-state index in [4.69, 9.17) is 9.47 Å². The van der Waals surface area contributed by atoms with Crippen molar-refractivity contribution in [1.29, 1.82) is 0 Å². The van der Waals surface area contributed by atoms with Crippen LogP contribution in [-0.4, -0.2) is 34.3 Å². The number of thiophene rings is 1. The molecule has 1 amide bonds. The number of Topliss-reactive ketones (excluding diaryl/α,β-unsaturated/α-hetero) is 1. The molecule has 0 radical (unpaired) electrons. The number of amides is 1. The van der Waals surface area contributed by atoms with Crippen molar-refractivity contribution in [3.05, 3.63) is 84.4 Å². The Morgan fingerprint density at radius 2 is 1.58 bits per heavy atom. The van der Waals surface area contributed by atoms with Crippen molar-refractivity contribution in [2.45, 2.75) is 18.7 Å². The Morgan fingerprint density at radius 3 is 2.18 bits per heavy atom. The van der Waals surface area contributed by atoms with Gasteiger partial charge in [-0.2, -0.15) is 0 Å². The minimum atomic E-state index is -4.05. The van der Waals surface area contributed by atoms with Crippen LogP contribution in [0.25, 0.3) is 26.1 Å². The number of sulfonamides is 1. The van der Waals surface area contributed by atoms with Crippen molar-refractivity contribution in [2.75, 3.05) is 14.2 Å². The summed E-state index contributed by atoms with van der Waals surface area (Å²) in [6, 6.07) is 19.0. The highest BCUT2D eigenvalue weighted by Crippen LogP contribution is 2.43. The van der Waals surface area contributed by atoms with Gasteiger partial charge < -0.3 is 9.47 Å². The van der Waals surface area contributed by atoms with Gasteiger partial charge in [-0.15, -0.1) is 11.3 Å². The number of ether oxygens (including phenoxy) is 2. The van der Waals surface area contributed by atoms with E-state index in [1.165, 1.54) is 31.4 Å². The maximum atomic E-state index is 13.4. The second kappa shape index (κ2) is 10.8. The lowest BCUT2D eigenvalue weighted by Crippen LogP contribution is -2.33. The Labute approximate surface area is 225 Å². The fourth-order valence-corrected chi connectivity index (χ4v) is 6.03. The summed E-state index contributed by atoms with van der Waals surface area (Å²) < 4.78 is 39.3. The van der Waals surface area contributed by atoms with Crippen LogP contribution in [-0.2, 0) is 14.8 Å². The summed E-state index contributed by atoms with van der Waals surface area (Å²) in [5, 5.41) is 1.10. The predicted molar refractivity (Wildman–Crippen MR) is 150 cm³/mol. The molecule has 7 nitrogen and oxygen atoms in total. The second-order valence-electron chi connectivity index (χ2n) is 8.86. The van der Waals surface area contributed by atoms with Crippen LogP contribution in [0, 0.1) is 5.92 Å². The molecular weight excluding hydrogens is 522 g/mol. The Hall–Kier alpha value is -3.95. The van der Waals surface area contributed by atoms with Gasteiger partial charge in [0.25, 0.3) is 10.0 Å². The normalized spacial score (nSPS) is 11.4. The molecule has 0 spiro atoms. The molecule has 0 aliphatic heterocycles. The van der Waals surface area contributed by atoms with Gasteiger partial charge in [-0.3, -0.25) is 9.59 Å². The van der Waals surface area contributed by atoms with Crippen molar-refractivity contribution < 1.29 is 27.5 Å². The molecule has 1 heterocycles. The van der Waals surface area contributed by atoms with Crippen LogP contribution in [0.15, 0.2) is 78.2 Å². The zero-order chi connectivity index (χ0) is 27.6. The largest absolute Gasteiger partial charge is 0.496 e. The van der Waals surface area contributed by atoms with E-state index >= 15 is 0 Å². The summed E-state index contributed by atoms with van der Waals surface area (Å²) >= 11 is 1.61. The van der Waals surface area contributed by atoms with E-state index in [1.54, 1.807) is 38.4 Å². The topological polar surface area (TPSA) is 98.8 Å². The van der Waals surface area contributed by atoms with Gasteiger partial charge >= 0.3 is 0 Å². The number of rotatable bonds is 9. The van der Waals surface area contributed by atoms with Crippen LogP contribution in [0.2, 0.25) is 0 Å². The van der Waals surface area contributed by atoms with Gasteiger partial charge in [0.15, 0.2) is 5.78 Å². The third-order valence-corrected chi connectivity index (χ3v) is 8.51. The minimum Gasteiger partial charge on any atom is -0.496 e. The van der Waals surface area contributed by atoms with Crippen molar-refractivity contribution in [2.24, 2.45) is 5.92 Å². The molecule has 0 bridgehead atoms. The molecule has 1 N–H and O–H groups in total. The Balaban J connectivity index is 1.68. The smallest absolute Gasteiger partial charge is 0.264 e. The van der Waals surface area contributed by atoms with Gasteiger partial charge in [0.05, 0.1) is 19.1 Å². The molecule has 4 rings (SSSR count). The number of methoxy groups -OCH3 is 2. The summed E-state index contributed by atoms with van der Waals surface area (Å²) in [7, 11) is -0.977. The fourth-order valence-electron chi connectivity index (χ4n) is 3.83. The van der Waals surface area contributed by atoms with Gasteiger partial charge in [0, 0.05) is 43.8 Å². The number of carbonyl (C=O) groups is 2. The van der Waals surface area contributed by atoms with Crippen molar-refractivity contribution >= 4 is 48.7 Å². The number of ketones is 1. The highest BCUT2D eigenvalue weighted by molar-refractivity contribution is 7.90. The van der Waals surface area contributed by atoms with Gasteiger partial charge in [0.1, 0.15) is 11.5 Å². The lowest BCUT2D eigenvalue weighted by molar-refractivity contribution is -0.122. The van der Waals surface area contributed by atoms with Gasteiger partial charge in [0.2, 0.25) is 5.91 Å². The van der Waals surface area contributed by atoms with E-state index in [1.807, 2.05) is 35.1 Å². The number of fused-ring (bicyclic) bond motifs is 1. The minimum absolute atomic E-state index is 0.122. The molecule has 0 saturated carbocycles. The summed E-state index contributed by atoms with van der Waals surface area (Å²) in [6.07, 6.45) is 0. The van der Waals surface area contributed by atoms with E-state index in [0.29, 0.717) is 17.1 Å². The number of benzene rings is 3. The van der Waals surface area contributed by atoms with Crippen LogP contribution < -0.4 is 14.2 Å². The highest BCUT2D eigenvalue weighted by Gasteiger charge is 2.23. The van der Waals surface area contributed by atoms with Crippen molar-refractivity contribution in [1.82, 2.24) is 4.72 Å². The summed E-state index contributed by atoms with van der Waals surface area (Å²) in [4.78, 5) is 26.1. The average Bonchev–Trinajstić information content (AvgIpc) is 3.35. The Bertz CT molecular complexity index is 1620. The predicted octanol–water partition coefficient (Wildman–Crippen LogP) is 5.94. The zero-order valence-corrected chi connectivity index (χ0v) is 23.0. The highest BCUT2D eigenvalue weighted by atomic mass is 32.2. The maximum absolute atomic E-state index is 13.4. The van der Waals surface area contributed by atoms with Crippen LogP contribution in [0.5, 0.6) is 11.5 Å². The molecule has 0 fully saturated rings. The van der Waals surface area contributed by atoms with E-state index < -0.39 is 27.6 Å².